The largest absolute Gasteiger partial charge is 0.356 e. The molecule has 0 atom stereocenters. The Morgan fingerprint density at radius 1 is 1.12 bits per heavy atom. The maximum atomic E-state index is 4.39. The summed E-state index contributed by atoms with van der Waals surface area (Å²) in [5, 5.41) is 15.5. The maximum absolute atomic E-state index is 4.39. The van der Waals surface area contributed by atoms with Crippen molar-refractivity contribution in [3.8, 4) is 0 Å². The molecule has 0 unspecified atom stereocenters. The molecule has 0 aromatic carbocycles. The van der Waals surface area contributed by atoms with Gasteiger partial charge in [-0.25, -0.2) is 0 Å². The van der Waals surface area contributed by atoms with Crippen LogP contribution in [0.5, 0.6) is 0 Å². The molecule has 24 heavy (non-hydrogen) atoms. The molecular formula is C18H34N6. The van der Waals surface area contributed by atoms with E-state index in [-0.39, 0.29) is 0 Å². The Labute approximate surface area is 146 Å². The molecule has 6 heteroatoms. The summed E-state index contributed by atoms with van der Waals surface area (Å²) >= 11 is 0. The van der Waals surface area contributed by atoms with E-state index in [1.807, 2.05) is 7.05 Å². The van der Waals surface area contributed by atoms with Crippen LogP contribution in [0.15, 0.2) is 4.99 Å². The van der Waals surface area contributed by atoms with Crippen LogP contribution in [0.25, 0.3) is 0 Å². The van der Waals surface area contributed by atoms with E-state index in [4.69, 9.17) is 0 Å². The quantitative estimate of drug-likeness (QED) is 0.435. The van der Waals surface area contributed by atoms with Gasteiger partial charge in [-0.3, -0.25) is 4.99 Å². The van der Waals surface area contributed by atoms with Crippen LogP contribution in [-0.2, 0) is 19.4 Å². The molecule has 2 heterocycles. The Morgan fingerprint density at radius 3 is 2.67 bits per heavy atom. The number of aryl methyl sites for hydroxylation is 2. The molecule has 136 valence electrons. The number of aromatic nitrogens is 3. The average molecular weight is 335 g/mol. The molecule has 0 aliphatic carbocycles. The highest BCUT2D eigenvalue weighted by Gasteiger charge is 2.14. The Bertz CT molecular complexity index is 506. The van der Waals surface area contributed by atoms with E-state index >= 15 is 0 Å². The third-order valence-corrected chi connectivity index (χ3v) is 4.53. The highest BCUT2D eigenvalue weighted by atomic mass is 15.3. The second-order valence-corrected chi connectivity index (χ2v) is 7.06. The second-order valence-electron chi connectivity index (χ2n) is 7.06. The molecule has 0 bridgehead atoms. The number of hydrogen-bond acceptors (Lipinski definition) is 3. The van der Waals surface area contributed by atoms with Crippen LogP contribution in [0.2, 0.25) is 0 Å². The van der Waals surface area contributed by atoms with Gasteiger partial charge in [-0.2, -0.15) is 0 Å². The van der Waals surface area contributed by atoms with Crippen molar-refractivity contribution in [2.75, 3.05) is 20.1 Å². The smallest absolute Gasteiger partial charge is 0.190 e. The Balaban J connectivity index is 1.66. The minimum atomic E-state index is 0.764. The van der Waals surface area contributed by atoms with Crippen LogP contribution in [0, 0.1) is 5.92 Å². The van der Waals surface area contributed by atoms with Crippen molar-refractivity contribution in [1.29, 1.82) is 0 Å². The highest BCUT2D eigenvalue weighted by Crippen LogP contribution is 2.15. The average Bonchev–Trinajstić information content (AvgIpc) is 2.79. The first-order valence-electron chi connectivity index (χ1n) is 9.56. The predicted octanol–water partition coefficient (Wildman–Crippen LogP) is 2.54. The number of rotatable bonds is 8. The van der Waals surface area contributed by atoms with Crippen LogP contribution in [-0.4, -0.2) is 40.9 Å². The van der Waals surface area contributed by atoms with Crippen LogP contribution in [0.3, 0.4) is 0 Å². The van der Waals surface area contributed by atoms with E-state index in [1.54, 1.807) is 0 Å². The van der Waals surface area contributed by atoms with E-state index in [1.165, 1.54) is 37.9 Å². The minimum absolute atomic E-state index is 0.764. The zero-order valence-corrected chi connectivity index (χ0v) is 15.6. The van der Waals surface area contributed by atoms with Gasteiger partial charge in [0.2, 0.25) is 0 Å². The summed E-state index contributed by atoms with van der Waals surface area (Å²) in [6.07, 6.45) is 9.35. The molecule has 1 aliphatic rings. The van der Waals surface area contributed by atoms with Gasteiger partial charge >= 0.3 is 0 Å². The molecule has 1 aliphatic heterocycles. The zero-order chi connectivity index (χ0) is 17.2. The number of aliphatic imine (C=N–C) groups is 1. The van der Waals surface area contributed by atoms with Crippen LogP contribution >= 0.6 is 0 Å². The lowest BCUT2D eigenvalue weighted by atomic mass is 10.1. The van der Waals surface area contributed by atoms with E-state index in [0.29, 0.717) is 0 Å². The van der Waals surface area contributed by atoms with Gasteiger partial charge in [0, 0.05) is 39.5 Å². The monoisotopic (exact) mass is 334 g/mol. The van der Waals surface area contributed by atoms with Crippen molar-refractivity contribution < 1.29 is 0 Å². The summed E-state index contributed by atoms with van der Waals surface area (Å²) < 4.78 is 2.34. The van der Waals surface area contributed by atoms with Crippen LogP contribution < -0.4 is 10.6 Å². The molecule has 0 saturated carbocycles. The third-order valence-electron chi connectivity index (χ3n) is 4.53. The molecule has 0 radical (unpaired) electrons. The fourth-order valence-corrected chi connectivity index (χ4v) is 3.12. The third kappa shape index (κ3) is 6.13. The molecule has 6 nitrogen and oxygen atoms in total. The number of nitrogens with one attached hydrogen (secondary N) is 2. The molecule has 0 saturated heterocycles. The van der Waals surface area contributed by atoms with Crippen molar-refractivity contribution in [1.82, 2.24) is 25.4 Å². The fourth-order valence-electron chi connectivity index (χ4n) is 3.12. The van der Waals surface area contributed by atoms with Crippen molar-refractivity contribution in [3.05, 3.63) is 11.6 Å². The van der Waals surface area contributed by atoms with Crippen LogP contribution in [0.1, 0.15) is 64.0 Å². The summed E-state index contributed by atoms with van der Waals surface area (Å²) in [4.78, 5) is 4.28. The molecule has 1 aromatic heterocycles. The van der Waals surface area contributed by atoms with E-state index in [9.17, 15) is 0 Å². The van der Waals surface area contributed by atoms with Crippen molar-refractivity contribution in [2.24, 2.45) is 10.9 Å². The summed E-state index contributed by atoms with van der Waals surface area (Å²) in [6, 6.07) is 0. The molecule has 0 fully saturated rings. The highest BCUT2D eigenvalue weighted by molar-refractivity contribution is 5.79. The van der Waals surface area contributed by atoms with Crippen molar-refractivity contribution in [3.63, 3.8) is 0 Å². The first-order chi connectivity index (χ1) is 11.7. The predicted molar refractivity (Wildman–Crippen MR) is 99.3 cm³/mol. The SMILES string of the molecule is CN=C(NCCCc1nnc2n1CCCCC2)NCCCC(C)C. The standard InChI is InChI=1S/C18H34N6/c1-15(2)9-7-12-20-18(19-3)21-13-8-11-17-23-22-16-10-5-4-6-14-24(16)17/h15H,4-14H2,1-3H3,(H2,19,20,21). The molecule has 0 amide bonds. The number of nitrogens with zero attached hydrogens (tertiary/aromatic N) is 4. The number of fused-ring (bicyclic) bond motifs is 1. The van der Waals surface area contributed by atoms with Gasteiger partial charge < -0.3 is 15.2 Å². The molecule has 0 spiro atoms. The minimum Gasteiger partial charge on any atom is -0.356 e. The number of hydrogen-bond donors (Lipinski definition) is 2. The van der Waals surface area contributed by atoms with Crippen LogP contribution in [0.4, 0.5) is 0 Å². The summed E-state index contributed by atoms with van der Waals surface area (Å²) in [5.41, 5.74) is 0. The summed E-state index contributed by atoms with van der Waals surface area (Å²) in [5.74, 6) is 3.99. The van der Waals surface area contributed by atoms with Gasteiger partial charge in [0.1, 0.15) is 11.6 Å². The lowest BCUT2D eigenvalue weighted by molar-refractivity contribution is 0.548. The van der Waals surface area contributed by atoms with Crippen molar-refractivity contribution >= 4 is 5.96 Å². The second kappa shape index (κ2) is 10.3. The van der Waals surface area contributed by atoms with Gasteiger partial charge in [0.25, 0.3) is 0 Å². The first-order valence-corrected chi connectivity index (χ1v) is 9.56. The molecule has 2 rings (SSSR count). The molecular weight excluding hydrogens is 300 g/mol. The summed E-state index contributed by atoms with van der Waals surface area (Å²) in [6.45, 7) is 7.50. The van der Waals surface area contributed by atoms with Gasteiger partial charge in [-0.05, 0) is 38.0 Å². The topological polar surface area (TPSA) is 67.1 Å². The van der Waals surface area contributed by atoms with Gasteiger partial charge in [0.05, 0.1) is 0 Å². The Kier molecular flexibility index (Phi) is 8.05. The number of guanidine groups is 1. The first kappa shape index (κ1) is 18.7. The Hall–Kier alpha value is -1.59. The lowest BCUT2D eigenvalue weighted by Gasteiger charge is -2.12. The van der Waals surface area contributed by atoms with Gasteiger partial charge in [0.15, 0.2) is 5.96 Å². The summed E-state index contributed by atoms with van der Waals surface area (Å²) in [7, 11) is 1.83. The van der Waals surface area contributed by atoms with Crippen molar-refractivity contribution in [2.45, 2.75) is 71.8 Å². The van der Waals surface area contributed by atoms with E-state index in [2.05, 4.69) is 44.2 Å². The molecule has 1 aromatic rings. The lowest BCUT2D eigenvalue weighted by Crippen LogP contribution is -2.38. The maximum Gasteiger partial charge on any atom is 0.190 e. The zero-order valence-electron chi connectivity index (χ0n) is 15.6. The van der Waals surface area contributed by atoms with E-state index < -0.39 is 0 Å². The Morgan fingerprint density at radius 2 is 1.92 bits per heavy atom. The molecule has 2 N–H and O–H groups in total. The fraction of sp³-hybridized carbons (Fsp3) is 0.833. The normalized spacial score (nSPS) is 15.2. The van der Waals surface area contributed by atoms with Gasteiger partial charge in [-0.15, -0.1) is 10.2 Å². The van der Waals surface area contributed by atoms with E-state index in [0.717, 1.165) is 56.6 Å². The van der Waals surface area contributed by atoms with Gasteiger partial charge in [-0.1, -0.05) is 20.3 Å².